The molecule has 1 atom stereocenters. The molecule has 2 N–H and O–H groups in total. The molecule has 2 amide bonds. The number of hydrogen-bond donors (Lipinski definition) is 2. The molecule has 0 unspecified atom stereocenters. The molecule has 0 bridgehead atoms. The number of urea groups is 1. The quantitative estimate of drug-likeness (QED) is 0.840. The van der Waals surface area contributed by atoms with Gasteiger partial charge in [0.15, 0.2) is 0 Å². The largest absolute Gasteiger partial charge is 0.374 e. The Kier molecular flexibility index (Phi) is 6.63. The van der Waals surface area contributed by atoms with Crippen molar-refractivity contribution < 1.29 is 9.53 Å². The van der Waals surface area contributed by atoms with Crippen LogP contribution in [0.5, 0.6) is 0 Å². The fourth-order valence-electron chi connectivity index (χ4n) is 3.05. The molecule has 1 aliphatic rings. The summed E-state index contributed by atoms with van der Waals surface area (Å²) in [7, 11) is 0. The van der Waals surface area contributed by atoms with Crippen LogP contribution in [0, 0.1) is 6.92 Å². The van der Waals surface area contributed by atoms with E-state index in [0.717, 1.165) is 25.2 Å². The van der Waals surface area contributed by atoms with E-state index in [4.69, 9.17) is 4.74 Å². The summed E-state index contributed by atoms with van der Waals surface area (Å²) >= 11 is 0. The number of ether oxygens (including phenoxy) is 1. The average Bonchev–Trinajstić information content (AvgIpc) is 2.67. The summed E-state index contributed by atoms with van der Waals surface area (Å²) in [5.74, 6) is 0. The van der Waals surface area contributed by atoms with Crippen molar-refractivity contribution in [2.75, 3.05) is 26.2 Å². The molecule has 5 nitrogen and oxygen atoms in total. The van der Waals surface area contributed by atoms with E-state index < -0.39 is 0 Å². The van der Waals surface area contributed by atoms with Crippen molar-refractivity contribution in [3.05, 3.63) is 71.3 Å². The summed E-state index contributed by atoms with van der Waals surface area (Å²) in [6.45, 7) is 6.46. The second kappa shape index (κ2) is 9.36. The van der Waals surface area contributed by atoms with Crippen LogP contribution in [-0.4, -0.2) is 43.3 Å². The van der Waals surface area contributed by atoms with E-state index in [0.29, 0.717) is 19.7 Å². The van der Waals surface area contributed by atoms with Crippen LogP contribution in [-0.2, 0) is 17.8 Å². The van der Waals surface area contributed by atoms with Crippen LogP contribution in [0.4, 0.5) is 4.79 Å². The lowest BCUT2D eigenvalue weighted by molar-refractivity contribution is -0.0287. The van der Waals surface area contributed by atoms with Gasteiger partial charge in [0.2, 0.25) is 0 Å². The molecule has 0 saturated carbocycles. The highest BCUT2D eigenvalue weighted by atomic mass is 16.5. The molecule has 1 aliphatic heterocycles. The summed E-state index contributed by atoms with van der Waals surface area (Å²) in [4.78, 5) is 14.4. The maximum Gasteiger partial charge on any atom is 0.315 e. The van der Waals surface area contributed by atoms with Crippen LogP contribution in [0.2, 0.25) is 0 Å². The molecule has 5 heteroatoms. The monoisotopic (exact) mass is 353 g/mol. The van der Waals surface area contributed by atoms with Crippen molar-refractivity contribution in [1.29, 1.82) is 0 Å². The lowest BCUT2D eigenvalue weighted by Crippen LogP contribution is -2.48. The standard InChI is InChI=1S/C21H27N3O2/c1-17-7-9-18(10-8-17)13-22-21(25)23-14-20-16-24(11-12-26-20)15-19-5-3-2-4-6-19/h2-10,20H,11-16H2,1H3,(H2,22,23,25)/t20-/m0/s1. The smallest absolute Gasteiger partial charge is 0.315 e. The van der Waals surface area contributed by atoms with E-state index in [1.807, 2.05) is 30.3 Å². The number of carbonyl (C=O) groups excluding carboxylic acids is 1. The normalized spacial score (nSPS) is 17.7. The van der Waals surface area contributed by atoms with Crippen molar-refractivity contribution >= 4 is 6.03 Å². The molecule has 0 aromatic heterocycles. The Morgan fingerprint density at radius 1 is 1.08 bits per heavy atom. The first-order chi connectivity index (χ1) is 12.7. The summed E-state index contributed by atoms with van der Waals surface area (Å²) in [6.07, 6.45) is 0.0255. The highest BCUT2D eigenvalue weighted by molar-refractivity contribution is 5.73. The van der Waals surface area contributed by atoms with E-state index in [-0.39, 0.29) is 12.1 Å². The van der Waals surface area contributed by atoms with Gasteiger partial charge in [-0.15, -0.1) is 0 Å². The summed E-state index contributed by atoms with van der Waals surface area (Å²) in [5.41, 5.74) is 3.61. The number of hydrogen-bond acceptors (Lipinski definition) is 3. The van der Waals surface area contributed by atoms with Crippen LogP contribution >= 0.6 is 0 Å². The van der Waals surface area contributed by atoms with Crippen molar-refractivity contribution in [2.45, 2.75) is 26.1 Å². The minimum absolute atomic E-state index is 0.0255. The Labute approximate surface area is 155 Å². The summed E-state index contributed by atoms with van der Waals surface area (Å²) in [6, 6.07) is 18.4. The van der Waals surface area contributed by atoms with E-state index in [2.05, 4.69) is 46.7 Å². The summed E-state index contributed by atoms with van der Waals surface area (Å²) < 4.78 is 5.79. The third kappa shape index (κ3) is 5.86. The van der Waals surface area contributed by atoms with Crippen LogP contribution in [0.25, 0.3) is 0 Å². The van der Waals surface area contributed by atoms with Gasteiger partial charge in [-0.05, 0) is 18.1 Å². The second-order valence-electron chi connectivity index (χ2n) is 6.76. The molecule has 138 valence electrons. The van der Waals surface area contributed by atoms with Crippen molar-refractivity contribution in [3.8, 4) is 0 Å². The molecule has 0 radical (unpaired) electrons. The van der Waals surface area contributed by atoms with E-state index in [1.165, 1.54) is 11.1 Å². The van der Waals surface area contributed by atoms with Gasteiger partial charge in [0, 0.05) is 32.7 Å². The Bertz CT molecular complexity index is 688. The van der Waals surface area contributed by atoms with Crippen molar-refractivity contribution in [3.63, 3.8) is 0 Å². The Morgan fingerprint density at radius 2 is 1.85 bits per heavy atom. The lowest BCUT2D eigenvalue weighted by atomic mass is 10.1. The molecule has 0 spiro atoms. The number of nitrogens with one attached hydrogen (secondary N) is 2. The van der Waals surface area contributed by atoms with Gasteiger partial charge in [0.05, 0.1) is 12.7 Å². The number of morpholine rings is 1. The first-order valence-corrected chi connectivity index (χ1v) is 9.14. The molecule has 2 aromatic rings. The third-order valence-electron chi connectivity index (χ3n) is 4.54. The number of carbonyl (C=O) groups is 1. The van der Waals surface area contributed by atoms with Gasteiger partial charge in [0.1, 0.15) is 0 Å². The average molecular weight is 353 g/mol. The topological polar surface area (TPSA) is 53.6 Å². The van der Waals surface area contributed by atoms with Crippen molar-refractivity contribution in [2.24, 2.45) is 0 Å². The van der Waals surface area contributed by atoms with E-state index >= 15 is 0 Å². The highest BCUT2D eigenvalue weighted by Crippen LogP contribution is 2.10. The molecule has 1 fully saturated rings. The molecular weight excluding hydrogens is 326 g/mol. The van der Waals surface area contributed by atoms with Gasteiger partial charge < -0.3 is 15.4 Å². The number of amides is 2. The number of nitrogens with zero attached hydrogens (tertiary/aromatic N) is 1. The van der Waals surface area contributed by atoms with Gasteiger partial charge in [-0.3, -0.25) is 4.90 Å². The van der Waals surface area contributed by atoms with E-state index in [1.54, 1.807) is 0 Å². The second-order valence-corrected chi connectivity index (χ2v) is 6.76. The van der Waals surface area contributed by atoms with Crippen LogP contribution in [0.3, 0.4) is 0 Å². The number of benzene rings is 2. The molecule has 26 heavy (non-hydrogen) atoms. The van der Waals surface area contributed by atoms with Gasteiger partial charge in [-0.1, -0.05) is 60.2 Å². The van der Waals surface area contributed by atoms with Crippen molar-refractivity contribution in [1.82, 2.24) is 15.5 Å². The predicted molar refractivity (Wildman–Crippen MR) is 103 cm³/mol. The van der Waals surface area contributed by atoms with Gasteiger partial charge in [-0.2, -0.15) is 0 Å². The fraction of sp³-hybridized carbons (Fsp3) is 0.381. The lowest BCUT2D eigenvalue weighted by Gasteiger charge is -2.33. The SMILES string of the molecule is Cc1ccc(CNC(=O)NC[C@H]2CN(Cc3ccccc3)CCO2)cc1. The van der Waals surface area contributed by atoms with Gasteiger partial charge in [0.25, 0.3) is 0 Å². The predicted octanol–water partition coefficient (Wildman–Crippen LogP) is 2.70. The fourth-order valence-corrected chi connectivity index (χ4v) is 3.05. The van der Waals surface area contributed by atoms with Gasteiger partial charge in [-0.25, -0.2) is 4.79 Å². The maximum atomic E-state index is 12.0. The van der Waals surface area contributed by atoms with E-state index in [9.17, 15) is 4.79 Å². The number of rotatable bonds is 6. The van der Waals surface area contributed by atoms with Gasteiger partial charge >= 0.3 is 6.03 Å². The summed E-state index contributed by atoms with van der Waals surface area (Å²) in [5, 5.41) is 5.81. The Balaban J connectivity index is 1.38. The zero-order chi connectivity index (χ0) is 18.2. The molecule has 1 saturated heterocycles. The Morgan fingerprint density at radius 3 is 2.62 bits per heavy atom. The molecular formula is C21H27N3O2. The molecule has 3 rings (SSSR count). The highest BCUT2D eigenvalue weighted by Gasteiger charge is 2.20. The molecule has 1 heterocycles. The molecule has 2 aromatic carbocycles. The minimum Gasteiger partial charge on any atom is -0.374 e. The maximum absolute atomic E-state index is 12.0. The molecule has 0 aliphatic carbocycles. The van der Waals surface area contributed by atoms with Crippen LogP contribution < -0.4 is 10.6 Å². The first kappa shape index (κ1) is 18.4. The zero-order valence-electron chi connectivity index (χ0n) is 15.3. The Hall–Kier alpha value is -2.37. The third-order valence-corrected chi connectivity index (χ3v) is 4.54. The number of aryl methyl sites for hydroxylation is 1. The van der Waals surface area contributed by atoms with Crippen LogP contribution in [0.1, 0.15) is 16.7 Å². The first-order valence-electron chi connectivity index (χ1n) is 9.14. The zero-order valence-corrected chi connectivity index (χ0v) is 15.3. The minimum atomic E-state index is -0.158. The van der Waals surface area contributed by atoms with Crippen LogP contribution in [0.15, 0.2) is 54.6 Å².